The number of thiol groups is 1. The molecule has 0 aromatic carbocycles. The molecule has 2 rings (SSSR count). The Labute approximate surface area is 82.4 Å². The van der Waals surface area contributed by atoms with Crippen molar-refractivity contribution in [3.8, 4) is 5.88 Å². The fraction of sp³-hybridized carbons (Fsp3) is 0.571. The molecule has 0 N–H and O–H groups in total. The standard InChI is InChI=1S/C7H10N2O4S/c1-12-5-3-9-7(13-4-5)6(2-8-9)14(10)11/h2,5,14H,3-4H2,1H3/t5-/m1/s1. The Morgan fingerprint density at radius 2 is 2.50 bits per heavy atom. The summed E-state index contributed by atoms with van der Waals surface area (Å²) in [6.45, 7) is 0.882. The molecule has 0 radical (unpaired) electrons. The van der Waals surface area contributed by atoms with E-state index < -0.39 is 10.7 Å². The highest BCUT2D eigenvalue weighted by Gasteiger charge is 2.23. The summed E-state index contributed by atoms with van der Waals surface area (Å²) in [4.78, 5) is 0.134. The van der Waals surface area contributed by atoms with Crippen molar-refractivity contribution in [1.82, 2.24) is 9.78 Å². The molecule has 1 aromatic rings. The maximum atomic E-state index is 10.8. The number of nitrogens with zero attached hydrogens (tertiary/aromatic N) is 2. The minimum atomic E-state index is -2.64. The Morgan fingerprint density at radius 3 is 3.14 bits per heavy atom. The van der Waals surface area contributed by atoms with E-state index in [2.05, 4.69) is 5.10 Å². The van der Waals surface area contributed by atoms with Gasteiger partial charge in [-0.25, -0.2) is 13.1 Å². The molecule has 0 fully saturated rings. The number of fused-ring (bicyclic) bond motifs is 1. The summed E-state index contributed by atoms with van der Waals surface area (Å²) in [6.07, 6.45) is 1.22. The monoisotopic (exact) mass is 218 g/mol. The predicted octanol–water partition coefficient (Wildman–Crippen LogP) is -0.739. The minimum absolute atomic E-state index is 0.0696. The van der Waals surface area contributed by atoms with Crippen molar-refractivity contribution in [2.24, 2.45) is 0 Å². The van der Waals surface area contributed by atoms with Gasteiger partial charge in [0.25, 0.3) is 0 Å². The molecular weight excluding hydrogens is 208 g/mol. The summed E-state index contributed by atoms with van der Waals surface area (Å²) in [5, 5.41) is 3.90. The van der Waals surface area contributed by atoms with E-state index in [1.165, 1.54) is 10.9 Å². The van der Waals surface area contributed by atoms with Gasteiger partial charge in [-0.05, 0) is 0 Å². The van der Waals surface area contributed by atoms with E-state index in [0.717, 1.165) is 0 Å². The molecule has 1 aliphatic heterocycles. The summed E-state index contributed by atoms with van der Waals surface area (Å²) in [7, 11) is -1.06. The predicted molar refractivity (Wildman–Crippen MR) is 47.1 cm³/mol. The average molecular weight is 218 g/mol. The van der Waals surface area contributed by atoms with Crippen molar-refractivity contribution >= 4 is 10.7 Å². The average Bonchev–Trinajstić information content (AvgIpc) is 2.59. The first-order valence-corrected chi connectivity index (χ1v) is 5.26. The zero-order valence-corrected chi connectivity index (χ0v) is 8.44. The second-order valence-electron chi connectivity index (χ2n) is 2.94. The summed E-state index contributed by atoms with van der Waals surface area (Å²) in [5.41, 5.74) is 0. The maximum absolute atomic E-state index is 10.8. The van der Waals surface area contributed by atoms with Gasteiger partial charge in [0, 0.05) is 7.11 Å². The fourth-order valence-corrected chi connectivity index (χ4v) is 1.81. The van der Waals surface area contributed by atoms with Crippen LogP contribution < -0.4 is 4.74 Å². The highest BCUT2D eigenvalue weighted by Crippen LogP contribution is 2.23. The first kappa shape index (κ1) is 9.47. The Balaban J connectivity index is 2.34. The van der Waals surface area contributed by atoms with Crippen LogP contribution in [0.5, 0.6) is 5.88 Å². The van der Waals surface area contributed by atoms with Gasteiger partial charge < -0.3 is 9.47 Å². The van der Waals surface area contributed by atoms with Gasteiger partial charge >= 0.3 is 0 Å². The second-order valence-corrected chi connectivity index (χ2v) is 3.94. The van der Waals surface area contributed by atoms with Gasteiger partial charge in [0.1, 0.15) is 17.6 Å². The maximum Gasteiger partial charge on any atom is 0.231 e. The topological polar surface area (TPSA) is 70.4 Å². The van der Waals surface area contributed by atoms with Gasteiger partial charge in [0.2, 0.25) is 5.88 Å². The van der Waals surface area contributed by atoms with Crippen molar-refractivity contribution in [3.63, 3.8) is 0 Å². The Bertz CT molecular complexity index is 404. The van der Waals surface area contributed by atoms with Crippen LogP contribution in [0.3, 0.4) is 0 Å². The number of rotatable bonds is 2. The lowest BCUT2D eigenvalue weighted by atomic mass is 10.3. The minimum Gasteiger partial charge on any atom is -0.474 e. The van der Waals surface area contributed by atoms with Gasteiger partial charge in [-0.1, -0.05) is 0 Å². The smallest absolute Gasteiger partial charge is 0.231 e. The Kier molecular flexibility index (Phi) is 2.42. The van der Waals surface area contributed by atoms with Crippen LogP contribution in [0.25, 0.3) is 0 Å². The molecule has 0 saturated carbocycles. The molecule has 1 aromatic heterocycles. The van der Waals surface area contributed by atoms with Gasteiger partial charge in [-0.15, -0.1) is 0 Å². The molecule has 1 atom stereocenters. The van der Waals surface area contributed by atoms with Crippen LogP contribution in [0.4, 0.5) is 0 Å². The van der Waals surface area contributed by atoms with Crippen LogP contribution in [-0.4, -0.2) is 38.0 Å². The number of ether oxygens (including phenoxy) is 2. The van der Waals surface area contributed by atoms with Crippen molar-refractivity contribution in [1.29, 1.82) is 0 Å². The first-order chi connectivity index (χ1) is 6.72. The molecule has 6 nitrogen and oxygen atoms in total. The number of hydrogen-bond acceptors (Lipinski definition) is 5. The molecule has 0 spiro atoms. The molecule has 0 bridgehead atoms. The van der Waals surface area contributed by atoms with Gasteiger partial charge in [-0.3, -0.25) is 0 Å². The van der Waals surface area contributed by atoms with Crippen LogP contribution in [0, 0.1) is 0 Å². The SMILES string of the molecule is CO[C@H]1COc2c([SH](=O)=O)cnn2C1. The van der Waals surface area contributed by atoms with Crippen molar-refractivity contribution in [2.75, 3.05) is 13.7 Å². The molecule has 0 saturated heterocycles. The number of aromatic nitrogens is 2. The molecule has 0 unspecified atom stereocenters. The van der Waals surface area contributed by atoms with E-state index in [4.69, 9.17) is 9.47 Å². The lowest BCUT2D eigenvalue weighted by molar-refractivity contribution is 0.0165. The van der Waals surface area contributed by atoms with Crippen LogP contribution in [0.15, 0.2) is 11.1 Å². The third kappa shape index (κ3) is 1.48. The summed E-state index contributed by atoms with van der Waals surface area (Å²) >= 11 is 0. The summed E-state index contributed by atoms with van der Waals surface area (Å²) < 4.78 is 33.3. The third-order valence-corrected chi connectivity index (χ3v) is 2.79. The molecule has 0 aliphatic carbocycles. The van der Waals surface area contributed by atoms with Crippen molar-refractivity contribution < 1.29 is 17.9 Å². The van der Waals surface area contributed by atoms with E-state index in [1.807, 2.05) is 0 Å². The number of hydrogen-bond donors (Lipinski definition) is 1. The van der Waals surface area contributed by atoms with Crippen LogP contribution in [0.2, 0.25) is 0 Å². The zero-order valence-electron chi connectivity index (χ0n) is 7.54. The molecule has 7 heteroatoms. The molecular formula is C7H10N2O4S. The number of methoxy groups -OCH3 is 1. The Morgan fingerprint density at radius 1 is 1.71 bits per heavy atom. The lowest BCUT2D eigenvalue weighted by Crippen LogP contribution is -2.31. The third-order valence-electron chi connectivity index (χ3n) is 2.09. The Hall–Kier alpha value is -1.08. The molecule has 78 valence electrons. The highest BCUT2D eigenvalue weighted by atomic mass is 32.2. The molecule has 2 heterocycles. The van der Waals surface area contributed by atoms with E-state index in [1.54, 1.807) is 7.11 Å². The van der Waals surface area contributed by atoms with E-state index in [0.29, 0.717) is 19.0 Å². The molecule has 0 amide bonds. The molecule has 14 heavy (non-hydrogen) atoms. The largest absolute Gasteiger partial charge is 0.474 e. The van der Waals surface area contributed by atoms with Gasteiger partial charge in [-0.2, -0.15) is 5.10 Å². The first-order valence-electron chi connectivity index (χ1n) is 4.08. The quantitative estimate of drug-likeness (QED) is 0.662. The summed E-state index contributed by atoms with van der Waals surface area (Å²) in [5.74, 6) is 0.314. The normalized spacial score (nSPS) is 20.6. The lowest BCUT2D eigenvalue weighted by Gasteiger charge is -2.22. The summed E-state index contributed by atoms with van der Waals surface area (Å²) in [6, 6.07) is 0. The van der Waals surface area contributed by atoms with Crippen LogP contribution in [0.1, 0.15) is 0 Å². The second kappa shape index (κ2) is 3.58. The van der Waals surface area contributed by atoms with Crippen LogP contribution >= 0.6 is 0 Å². The highest BCUT2D eigenvalue weighted by molar-refractivity contribution is 7.72. The van der Waals surface area contributed by atoms with E-state index >= 15 is 0 Å². The van der Waals surface area contributed by atoms with Gasteiger partial charge in [0.05, 0.1) is 12.7 Å². The van der Waals surface area contributed by atoms with Crippen molar-refractivity contribution in [3.05, 3.63) is 6.20 Å². The fourth-order valence-electron chi connectivity index (χ4n) is 1.33. The van der Waals surface area contributed by atoms with Crippen LogP contribution in [-0.2, 0) is 22.0 Å². The van der Waals surface area contributed by atoms with Gasteiger partial charge in [0.15, 0.2) is 10.7 Å². The zero-order chi connectivity index (χ0) is 10.1. The molecule has 1 aliphatic rings. The van der Waals surface area contributed by atoms with E-state index in [9.17, 15) is 8.42 Å². The van der Waals surface area contributed by atoms with E-state index in [-0.39, 0.29) is 11.0 Å². The van der Waals surface area contributed by atoms with Crippen molar-refractivity contribution in [2.45, 2.75) is 17.5 Å².